The third-order valence-electron chi connectivity index (χ3n) is 5.09. The molecule has 0 aliphatic carbocycles. The summed E-state index contributed by atoms with van der Waals surface area (Å²) in [5.74, 6) is 0. The summed E-state index contributed by atoms with van der Waals surface area (Å²) in [5.41, 5.74) is 4.13. The predicted molar refractivity (Wildman–Crippen MR) is 141 cm³/mol. The van der Waals surface area contributed by atoms with Crippen molar-refractivity contribution in [3.63, 3.8) is 0 Å². The van der Waals surface area contributed by atoms with Crippen molar-refractivity contribution < 1.29 is 0 Å². The third kappa shape index (κ3) is 3.87. The van der Waals surface area contributed by atoms with Crippen LogP contribution in [0.1, 0.15) is 0 Å². The summed E-state index contributed by atoms with van der Waals surface area (Å²) in [6.45, 7) is 0. The molecule has 0 radical (unpaired) electrons. The zero-order valence-corrected chi connectivity index (χ0v) is 20.0. The predicted octanol–water partition coefficient (Wildman–Crippen LogP) is 9.06. The van der Waals surface area contributed by atoms with Crippen LogP contribution in [-0.2, 0) is 0 Å². The van der Waals surface area contributed by atoms with Crippen molar-refractivity contribution >= 4 is 45.3 Å². The molecule has 6 heteroatoms. The molecule has 6 rings (SSSR count). The Balaban J connectivity index is 1.32. The Hall–Kier alpha value is -2.90. The van der Waals surface area contributed by atoms with E-state index in [0.29, 0.717) is 0 Å². The van der Waals surface area contributed by atoms with Crippen molar-refractivity contribution in [2.75, 3.05) is 0 Å². The Morgan fingerprint density at radius 2 is 0.938 bits per heavy atom. The van der Waals surface area contributed by atoms with Gasteiger partial charge in [0.2, 0.25) is 0 Å². The first kappa shape index (κ1) is 19.8. The number of rotatable bonds is 5. The first-order valence-electron chi connectivity index (χ1n) is 10.0. The van der Waals surface area contributed by atoms with E-state index in [2.05, 4.69) is 93.5 Å². The highest BCUT2D eigenvalue weighted by atomic mass is 32.1. The molecule has 0 unspecified atom stereocenters. The minimum atomic E-state index is 0.894. The molecule has 0 saturated heterocycles. The second kappa shape index (κ2) is 8.56. The third-order valence-corrected chi connectivity index (χ3v) is 9.49. The average Bonchev–Trinajstić information content (AvgIpc) is 3.66. The van der Waals surface area contributed by atoms with E-state index in [1.807, 2.05) is 35.1 Å². The fourth-order valence-corrected chi connectivity index (χ4v) is 7.21. The molecule has 0 saturated carbocycles. The van der Waals surface area contributed by atoms with Crippen LogP contribution >= 0.6 is 45.3 Å². The molecule has 6 heterocycles. The van der Waals surface area contributed by atoms with Gasteiger partial charge in [-0.1, -0.05) is 12.1 Å². The number of pyridine rings is 2. The summed E-state index contributed by atoms with van der Waals surface area (Å²) in [7, 11) is 0. The summed E-state index contributed by atoms with van der Waals surface area (Å²) in [6, 6.07) is 25.8. The van der Waals surface area contributed by atoms with E-state index in [0.717, 1.165) is 11.4 Å². The lowest BCUT2D eigenvalue weighted by Crippen LogP contribution is -1.88. The minimum Gasteiger partial charge on any atom is -0.255 e. The zero-order chi connectivity index (χ0) is 21.3. The van der Waals surface area contributed by atoms with E-state index < -0.39 is 0 Å². The molecule has 0 N–H and O–H groups in total. The van der Waals surface area contributed by atoms with E-state index in [-0.39, 0.29) is 0 Å². The van der Waals surface area contributed by atoms with Gasteiger partial charge in [-0.15, -0.1) is 45.3 Å². The van der Waals surface area contributed by atoms with Gasteiger partial charge in [-0.25, -0.2) is 0 Å². The molecular weight excluding hydrogens is 469 g/mol. The first-order chi connectivity index (χ1) is 15.8. The SMILES string of the molecule is c1csc(-c2ccc(-c3ccnc(-c4cc(-c5ccc(-c6cccs6)s5)ccn4)c3)s2)c1. The van der Waals surface area contributed by atoms with Gasteiger partial charge >= 0.3 is 0 Å². The zero-order valence-electron chi connectivity index (χ0n) is 16.8. The standard InChI is InChI=1S/C26H16N2S4/c1-3-23(29-13-1)25-7-5-21(31-25)17-9-11-27-19(15-17)20-16-18(10-12-28-20)22-6-8-26(32-22)24-4-2-14-30-24/h1-16H. The van der Waals surface area contributed by atoms with E-state index >= 15 is 0 Å². The van der Waals surface area contributed by atoms with E-state index in [4.69, 9.17) is 0 Å². The van der Waals surface area contributed by atoms with Crippen molar-refractivity contribution in [2.24, 2.45) is 0 Å². The van der Waals surface area contributed by atoms with Crippen LogP contribution in [0.2, 0.25) is 0 Å². The monoisotopic (exact) mass is 484 g/mol. The average molecular weight is 485 g/mol. The quantitative estimate of drug-likeness (QED) is 0.244. The van der Waals surface area contributed by atoms with Crippen LogP contribution in [0.5, 0.6) is 0 Å². The normalized spacial score (nSPS) is 11.1. The van der Waals surface area contributed by atoms with Gasteiger partial charge in [0.1, 0.15) is 0 Å². The Kier molecular flexibility index (Phi) is 5.29. The van der Waals surface area contributed by atoms with Gasteiger partial charge in [-0.3, -0.25) is 9.97 Å². The van der Waals surface area contributed by atoms with Gasteiger partial charge in [0.25, 0.3) is 0 Å². The lowest BCUT2D eigenvalue weighted by molar-refractivity contribution is 1.25. The summed E-state index contributed by atoms with van der Waals surface area (Å²) in [6.07, 6.45) is 3.76. The van der Waals surface area contributed by atoms with Crippen molar-refractivity contribution in [2.45, 2.75) is 0 Å². The highest BCUT2D eigenvalue weighted by Crippen LogP contribution is 2.39. The Labute approximate surface area is 202 Å². The topological polar surface area (TPSA) is 25.8 Å². The lowest BCUT2D eigenvalue weighted by atomic mass is 10.1. The minimum absolute atomic E-state index is 0.894. The van der Waals surface area contributed by atoms with Crippen LogP contribution in [0.3, 0.4) is 0 Å². The second-order valence-electron chi connectivity index (χ2n) is 7.14. The molecule has 0 spiro atoms. The van der Waals surface area contributed by atoms with Crippen LogP contribution in [-0.4, -0.2) is 9.97 Å². The maximum atomic E-state index is 4.62. The molecule has 2 nitrogen and oxygen atoms in total. The maximum absolute atomic E-state index is 4.62. The van der Waals surface area contributed by atoms with Gasteiger partial charge in [0, 0.05) is 41.7 Å². The molecule has 154 valence electrons. The van der Waals surface area contributed by atoms with Crippen LogP contribution in [0.15, 0.2) is 96.0 Å². The summed E-state index contributed by atoms with van der Waals surface area (Å²) in [5, 5.41) is 4.24. The molecule has 0 aliphatic heterocycles. The lowest BCUT2D eigenvalue weighted by Gasteiger charge is -2.05. The molecule has 0 amide bonds. The van der Waals surface area contributed by atoms with Crippen LogP contribution in [0.25, 0.3) is 51.8 Å². The fraction of sp³-hybridized carbons (Fsp3) is 0. The Bertz CT molecular complexity index is 1360. The second-order valence-corrected chi connectivity index (χ2v) is 11.2. The summed E-state index contributed by atoms with van der Waals surface area (Å²) < 4.78 is 0. The van der Waals surface area contributed by atoms with Gasteiger partial charge in [0.15, 0.2) is 0 Å². The largest absolute Gasteiger partial charge is 0.255 e. The van der Waals surface area contributed by atoms with Crippen LogP contribution in [0, 0.1) is 0 Å². The van der Waals surface area contributed by atoms with Gasteiger partial charge in [-0.2, -0.15) is 0 Å². The van der Waals surface area contributed by atoms with Crippen molar-refractivity contribution in [3.05, 3.63) is 96.0 Å². The van der Waals surface area contributed by atoms with Crippen molar-refractivity contribution in [1.82, 2.24) is 9.97 Å². The van der Waals surface area contributed by atoms with Crippen molar-refractivity contribution in [3.8, 4) is 51.8 Å². The number of hydrogen-bond acceptors (Lipinski definition) is 6. The van der Waals surface area contributed by atoms with E-state index in [9.17, 15) is 0 Å². The van der Waals surface area contributed by atoms with Gasteiger partial charge < -0.3 is 0 Å². The fourth-order valence-electron chi connectivity index (χ4n) is 3.54. The Morgan fingerprint density at radius 1 is 0.469 bits per heavy atom. The molecule has 0 fully saturated rings. The smallest absolute Gasteiger partial charge is 0.0892 e. The van der Waals surface area contributed by atoms with Crippen LogP contribution in [0.4, 0.5) is 0 Å². The van der Waals surface area contributed by atoms with Crippen LogP contribution < -0.4 is 0 Å². The molecule has 6 aromatic rings. The van der Waals surface area contributed by atoms with Gasteiger partial charge in [-0.05, 0) is 82.6 Å². The van der Waals surface area contributed by atoms with E-state index in [1.54, 1.807) is 22.7 Å². The number of hydrogen-bond donors (Lipinski definition) is 0. The highest BCUT2D eigenvalue weighted by molar-refractivity contribution is 7.23. The van der Waals surface area contributed by atoms with Gasteiger partial charge in [0.05, 0.1) is 11.4 Å². The van der Waals surface area contributed by atoms with Crippen molar-refractivity contribution in [1.29, 1.82) is 0 Å². The molecule has 0 bridgehead atoms. The first-order valence-corrected chi connectivity index (χ1v) is 13.4. The highest BCUT2D eigenvalue weighted by Gasteiger charge is 2.11. The molecule has 6 aromatic heterocycles. The number of nitrogens with zero attached hydrogens (tertiary/aromatic N) is 2. The number of aromatic nitrogens is 2. The number of thiophene rings is 4. The molecule has 0 atom stereocenters. The summed E-state index contributed by atoms with van der Waals surface area (Å²) >= 11 is 7.18. The summed E-state index contributed by atoms with van der Waals surface area (Å²) in [4.78, 5) is 16.9. The Morgan fingerprint density at radius 3 is 1.38 bits per heavy atom. The van der Waals surface area contributed by atoms with E-state index in [1.165, 1.54) is 40.4 Å². The molecule has 32 heavy (non-hydrogen) atoms. The molecule has 0 aliphatic rings. The molecular formula is C26H16N2S4. The molecule has 0 aromatic carbocycles. The maximum Gasteiger partial charge on any atom is 0.0892 e.